The molecule has 122 valence electrons. The van der Waals surface area contributed by atoms with E-state index in [0.29, 0.717) is 13.0 Å². The van der Waals surface area contributed by atoms with E-state index in [1.807, 2.05) is 0 Å². The topological polar surface area (TPSA) is 64.7 Å². The summed E-state index contributed by atoms with van der Waals surface area (Å²) < 4.78 is 13.0. The molecule has 2 aliphatic heterocycles. The minimum atomic E-state index is -0.306. The molecule has 1 saturated heterocycles. The van der Waals surface area contributed by atoms with E-state index in [-0.39, 0.29) is 36.1 Å². The number of hydrogen-bond acceptors (Lipinski definition) is 4. The molecule has 7 heteroatoms. The van der Waals surface area contributed by atoms with Gasteiger partial charge < -0.3 is 15.2 Å². The quantitative estimate of drug-likeness (QED) is 0.866. The van der Waals surface area contributed by atoms with E-state index in [4.69, 9.17) is 0 Å². The highest BCUT2D eigenvalue weighted by atomic mass is 19.1. The largest absolute Gasteiger partial charge is 0.359 e. The molecule has 0 aliphatic carbocycles. The number of hydrogen-bond donors (Lipinski definition) is 2. The number of carbonyl (C=O) groups excluding carboxylic acids is 2. The van der Waals surface area contributed by atoms with Gasteiger partial charge in [0.25, 0.3) is 5.91 Å². The zero-order valence-corrected chi connectivity index (χ0v) is 12.8. The molecule has 0 aromatic heterocycles. The highest BCUT2D eigenvalue weighted by Crippen LogP contribution is 2.30. The van der Waals surface area contributed by atoms with Crippen molar-refractivity contribution in [1.29, 1.82) is 0 Å². The first-order chi connectivity index (χ1) is 11.1. The molecule has 2 amide bonds. The van der Waals surface area contributed by atoms with Crippen LogP contribution in [-0.4, -0.2) is 41.4 Å². The van der Waals surface area contributed by atoms with E-state index < -0.39 is 0 Å². The summed E-state index contributed by atoms with van der Waals surface area (Å²) in [4.78, 5) is 25.4. The first kappa shape index (κ1) is 15.5. The highest BCUT2D eigenvalue weighted by molar-refractivity contribution is 5.85. The highest BCUT2D eigenvalue weighted by Gasteiger charge is 2.39. The van der Waals surface area contributed by atoms with Gasteiger partial charge in [0.2, 0.25) is 5.91 Å². The molecule has 0 spiro atoms. The number of hydrazine groups is 1. The third-order valence-electron chi connectivity index (χ3n) is 4.21. The van der Waals surface area contributed by atoms with E-state index >= 15 is 0 Å². The Labute approximate surface area is 133 Å². The molecule has 2 N–H and O–H groups in total. The van der Waals surface area contributed by atoms with Crippen LogP contribution in [0.5, 0.6) is 0 Å². The lowest BCUT2D eigenvalue weighted by Crippen LogP contribution is -2.48. The summed E-state index contributed by atoms with van der Waals surface area (Å²) >= 11 is 0. The van der Waals surface area contributed by atoms with Crippen LogP contribution in [0.3, 0.4) is 0 Å². The summed E-state index contributed by atoms with van der Waals surface area (Å²) in [7, 11) is 1.58. The Bertz CT molecular complexity index is 631. The molecule has 0 bridgehead atoms. The SMILES string of the molecule is CNC(=O)CCN1C=CN2NC(c3ccc(F)cc3)CC2C1=O. The Kier molecular flexibility index (Phi) is 4.29. The molecule has 2 aliphatic rings. The van der Waals surface area contributed by atoms with Gasteiger partial charge >= 0.3 is 0 Å². The molecule has 23 heavy (non-hydrogen) atoms. The van der Waals surface area contributed by atoms with E-state index in [9.17, 15) is 14.0 Å². The predicted molar refractivity (Wildman–Crippen MR) is 82.1 cm³/mol. The van der Waals surface area contributed by atoms with Crippen LogP contribution in [0.15, 0.2) is 36.7 Å². The van der Waals surface area contributed by atoms with Crippen molar-refractivity contribution in [2.45, 2.75) is 24.9 Å². The second-order valence-corrected chi connectivity index (χ2v) is 5.64. The Morgan fingerprint density at radius 2 is 2.09 bits per heavy atom. The number of halogens is 1. The number of benzene rings is 1. The van der Waals surface area contributed by atoms with Crippen molar-refractivity contribution in [3.63, 3.8) is 0 Å². The van der Waals surface area contributed by atoms with Crippen LogP contribution in [-0.2, 0) is 9.59 Å². The summed E-state index contributed by atoms with van der Waals surface area (Å²) in [5.74, 6) is -0.406. The molecule has 0 saturated carbocycles. The van der Waals surface area contributed by atoms with Crippen molar-refractivity contribution in [2.24, 2.45) is 0 Å². The Hall–Kier alpha value is -2.41. The summed E-state index contributed by atoms with van der Waals surface area (Å²) in [5, 5.41) is 4.33. The third kappa shape index (κ3) is 3.19. The molecular formula is C16H19FN4O2. The van der Waals surface area contributed by atoms with E-state index in [0.717, 1.165) is 5.56 Å². The maximum Gasteiger partial charge on any atom is 0.250 e. The maximum absolute atomic E-state index is 13.0. The van der Waals surface area contributed by atoms with Crippen LogP contribution in [0.1, 0.15) is 24.4 Å². The smallest absolute Gasteiger partial charge is 0.250 e. The van der Waals surface area contributed by atoms with Crippen LogP contribution in [0.2, 0.25) is 0 Å². The first-order valence-corrected chi connectivity index (χ1v) is 7.58. The van der Waals surface area contributed by atoms with Crippen LogP contribution < -0.4 is 10.7 Å². The van der Waals surface area contributed by atoms with Gasteiger partial charge in [-0.2, -0.15) is 0 Å². The third-order valence-corrected chi connectivity index (χ3v) is 4.21. The lowest BCUT2D eigenvalue weighted by atomic mass is 10.0. The van der Waals surface area contributed by atoms with Crippen molar-refractivity contribution in [1.82, 2.24) is 20.7 Å². The van der Waals surface area contributed by atoms with Crippen molar-refractivity contribution in [3.8, 4) is 0 Å². The van der Waals surface area contributed by atoms with Gasteiger partial charge in [-0.25, -0.2) is 9.82 Å². The summed E-state index contributed by atoms with van der Waals surface area (Å²) in [6.07, 6.45) is 4.36. The molecule has 6 nitrogen and oxygen atoms in total. The zero-order chi connectivity index (χ0) is 16.4. The van der Waals surface area contributed by atoms with Gasteiger partial charge in [0.1, 0.15) is 11.9 Å². The molecule has 1 aromatic carbocycles. The number of nitrogens with zero attached hydrogens (tertiary/aromatic N) is 2. The van der Waals surface area contributed by atoms with Gasteiger partial charge in [0.05, 0.1) is 6.04 Å². The fourth-order valence-corrected chi connectivity index (χ4v) is 2.88. The number of fused-ring (bicyclic) bond motifs is 1. The fourth-order valence-electron chi connectivity index (χ4n) is 2.88. The van der Waals surface area contributed by atoms with Crippen molar-refractivity contribution >= 4 is 11.8 Å². The summed E-state index contributed by atoms with van der Waals surface area (Å²) in [6, 6.07) is 5.95. The lowest BCUT2D eigenvalue weighted by molar-refractivity contribution is -0.134. The molecule has 2 atom stereocenters. The van der Waals surface area contributed by atoms with Gasteiger partial charge in [-0.1, -0.05) is 12.1 Å². The second-order valence-electron chi connectivity index (χ2n) is 5.64. The van der Waals surface area contributed by atoms with Gasteiger partial charge in [-0.05, 0) is 24.1 Å². The average molecular weight is 318 g/mol. The monoisotopic (exact) mass is 318 g/mol. The molecule has 3 rings (SSSR count). The number of carbonyl (C=O) groups is 2. The van der Waals surface area contributed by atoms with Crippen LogP contribution in [0, 0.1) is 5.82 Å². The maximum atomic E-state index is 13.0. The van der Waals surface area contributed by atoms with E-state index in [1.165, 1.54) is 12.1 Å². The normalized spacial score (nSPS) is 23.1. The summed E-state index contributed by atoms with van der Waals surface area (Å²) in [6.45, 7) is 0.362. The Morgan fingerprint density at radius 1 is 1.35 bits per heavy atom. The molecule has 2 unspecified atom stereocenters. The fraction of sp³-hybridized carbons (Fsp3) is 0.375. The Balaban J connectivity index is 1.66. The Morgan fingerprint density at radius 3 is 2.78 bits per heavy atom. The van der Waals surface area contributed by atoms with Gasteiger partial charge in [0, 0.05) is 32.4 Å². The molecular weight excluding hydrogens is 299 g/mol. The minimum absolute atomic E-state index is 0.0338. The van der Waals surface area contributed by atoms with Crippen LogP contribution in [0.4, 0.5) is 4.39 Å². The van der Waals surface area contributed by atoms with Crippen molar-refractivity contribution < 1.29 is 14.0 Å². The van der Waals surface area contributed by atoms with Crippen molar-refractivity contribution in [3.05, 3.63) is 48.0 Å². The van der Waals surface area contributed by atoms with E-state index in [2.05, 4.69) is 10.7 Å². The molecule has 1 aromatic rings. The van der Waals surface area contributed by atoms with E-state index in [1.54, 1.807) is 41.5 Å². The number of amides is 2. The standard InChI is InChI=1S/C16H19FN4O2/c1-18-15(22)6-7-20-8-9-21-14(16(20)23)10-13(19-21)11-2-4-12(17)5-3-11/h2-5,8-9,13-14,19H,6-7,10H2,1H3,(H,18,22). The molecule has 2 heterocycles. The van der Waals surface area contributed by atoms with Gasteiger partial charge in [-0.3, -0.25) is 9.59 Å². The number of nitrogens with one attached hydrogen (secondary N) is 2. The summed E-state index contributed by atoms with van der Waals surface area (Å²) in [5.41, 5.74) is 4.20. The van der Waals surface area contributed by atoms with Crippen LogP contribution >= 0.6 is 0 Å². The lowest BCUT2D eigenvalue weighted by Gasteiger charge is -2.31. The second kappa shape index (κ2) is 6.37. The predicted octanol–water partition coefficient (Wildman–Crippen LogP) is 0.895. The molecule has 0 radical (unpaired) electrons. The minimum Gasteiger partial charge on any atom is -0.359 e. The van der Waals surface area contributed by atoms with Crippen molar-refractivity contribution in [2.75, 3.05) is 13.6 Å². The average Bonchev–Trinajstić information content (AvgIpc) is 2.99. The zero-order valence-electron chi connectivity index (χ0n) is 12.8. The van der Waals surface area contributed by atoms with Gasteiger partial charge in [-0.15, -0.1) is 0 Å². The van der Waals surface area contributed by atoms with Crippen LogP contribution in [0.25, 0.3) is 0 Å². The number of rotatable bonds is 4. The van der Waals surface area contributed by atoms with Gasteiger partial charge in [0.15, 0.2) is 0 Å². The first-order valence-electron chi connectivity index (χ1n) is 7.58. The molecule has 1 fully saturated rings.